The smallest absolute Gasteiger partial charge is 0.0728 e. The Hall–Kier alpha value is -2.00. The summed E-state index contributed by atoms with van der Waals surface area (Å²) >= 11 is 12.7. The number of benzene rings is 3. The van der Waals surface area contributed by atoms with E-state index in [1.807, 2.05) is 24.3 Å². The molecule has 0 spiro atoms. The minimum Gasteiger partial charge on any atom is -0.372 e. The first-order valence-electron chi connectivity index (χ1n) is 8.62. The number of para-hydroxylation sites is 1. The zero-order chi connectivity index (χ0) is 17.9. The number of fused-ring (bicyclic) bond motifs is 1. The van der Waals surface area contributed by atoms with Crippen molar-refractivity contribution in [1.82, 2.24) is 0 Å². The second-order valence-electron chi connectivity index (χ2n) is 6.45. The van der Waals surface area contributed by atoms with Crippen LogP contribution in [0.25, 0.3) is 0 Å². The minimum atomic E-state index is 0.589. The Bertz CT molecular complexity index is 911. The number of halogens is 2. The van der Waals surface area contributed by atoms with E-state index < -0.39 is 0 Å². The molecule has 0 unspecified atom stereocenters. The predicted molar refractivity (Wildman–Crippen MR) is 108 cm³/mol. The number of nitrogens with zero attached hydrogens (tertiary/aromatic N) is 1. The van der Waals surface area contributed by atoms with Gasteiger partial charge in [0.05, 0.1) is 23.3 Å². The second-order valence-corrected chi connectivity index (χ2v) is 7.24. The highest BCUT2D eigenvalue weighted by Gasteiger charge is 2.18. The molecule has 0 radical (unpaired) electrons. The molecule has 0 bridgehead atoms. The molecule has 0 atom stereocenters. The molecule has 3 aromatic rings. The Kier molecular flexibility index (Phi) is 5.16. The summed E-state index contributed by atoms with van der Waals surface area (Å²) in [5, 5.41) is 1.21. The summed E-state index contributed by atoms with van der Waals surface area (Å²) in [6, 6.07) is 22.6. The van der Waals surface area contributed by atoms with Crippen molar-refractivity contribution < 1.29 is 4.74 Å². The lowest BCUT2D eigenvalue weighted by Crippen LogP contribution is -2.23. The maximum atomic E-state index is 6.44. The molecule has 1 aliphatic rings. The zero-order valence-electron chi connectivity index (χ0n) is 14.3. The molecule has 2 nitrogen and oxygen atoms in total. The molecule has 0 saturated heterocycles. The third kappa shape index (κ3) is 3.59. The first-order valence-corrected chi connectivity index (χ1v) is 9.38. The largest absolute Gasteiger partial charge is 0.372 e. The van der Waals surface area contributed by atoms with Gasteiger partial charge in [-0.1, -0.05) is 71.7 Å². The molecular formula is C22H19Cl2NO. The zero-order valence-corrected chi connectivity index (χ0v) is 15.8. The summed E-state index contributed by atoms with van der Waals surface area (Å²) in [5.74, 6) is 0. The summed E-state index contributed by atoms with van der Waals surface area (Å²) in [5.41, 5.74) is 6.07. The molecule has 0 aliphatic carbocycles. The summed E-state index contributed by atoms with van der Waals surface area (Å²) in [4.78, 5) is 2.32. The highest BCUT2D eigenvalue weighted by Crippen LogP contribution is 2.30. The Morgan fingerprint density at radius 2 is 1.50 bits per heavy atom. The Morgan fingerprint density at radius 3 is 2.35 bits per heavy atom. The first kappa shape index (κ1) is 17.4. The van der Waals surface area contributed by atoms with Gasteiger partial charge in [0.25, 0.3) is 0 Å². The maximum Gasteiger partial charge on any atom is 0.0728 e. The van der Waals surface area contributed by atoms with Gasteiger partial charge < -0.3 is 9.64 Å². The van der Waals surface area contributed by atoms with E-state index in [9.17, 15) is 0 Å². The van der Waals surface area contributed by atoms with Crippen LogP contribution in [0.2, 0.25) is 10.0 Å². The van der Waals surface area contributed by atoms with Gasteiger partial charge in [-0.15, -0.1) is 0 Å². The second kappa shape index (κ2) is 7.71. The summed E-state index contributed by atoms with van der Waals surface area (Å²) in [6.07, 6.45) is 0. The fourth-order valence-electron chi connectivity index (χ4n) is 3.38. The topological polar surface area (TPSA) is 12.5 Å². The van der Waals surface area contributed by atoms with Crippen LogP contribution < -0.4 is 4.90 Å². The van der Waals surface area contributed by atoms with Crippen molar-refractivity contribution in [2.24, 2.45) is 0 Å². The van der Waals surface area contributed by atoms with Crippen LogP contribution in [0.1, 0.15) is 22.3 Å². The third-order valence-electron chi connectivity index (χ3n) is 4.75. The molecule has 26 heavy (non-hydrogen) atoms. The number of ether oxygens (including phenoxy) is 1. The van der Waals surface area contributed by atoms with Crippen LogP contribution in [0, 0.1) is 0 Å². The van der Waals surface area contributed by atoms with E-state index in [0.29, 0.717) is 29.8 Å². The van der Waals surface area contributed by atoms with Crippen LogP contribution in [0.5, 0.6) is 0 Å². The first-order chi connectivity index (χ1) is 12.7. The van der Waals surface area contributed by atoms with Crippen molar-refractivity contribution in [2.75, 3.05) is 4.90 Å². The van der Waals surface area contributed by atoms with E-state index in [1.54, 1.807) is 0 Å². The molecule has 132 valence electrons. The predicted octanol–water partition coefficient (Wildman–Crippen LogP) is 6.23. The monoisotopic (exact) mass is 383 g/mol. The van der Waals surface area contributed by atoms with Gasteiger partial charge in [-0.2, -0.15) is 0 Å². The normalized spacial score (nSPS) is 12.8. The summed E-state index contributed by atoms with van der Waals surface area (Å²) < 4.78 is 5.64. The number of anilines is 1. The molecule has 1 aliphatic heterocycles. The Labute approximate surface area is 163 Å². The van der Waals surface area contributed by atoms with Crippen molar-refractivity contribution in [3.8, 4) is 0 Å². The van der Waals surface area contributed by atoms with Crippen LogP contribution in [-0.2, 0) is 31.0 Å². The SMILES string of the molecule is Clc1cccc(CN(Cc2cccc3c2COC3)c2ccccc2)c1Cl. The fraction of sp³-hybridized carbons (Fsp3) is 0.182. The van der Waals surface area contributed by atoms with E-state index >= 15 is 0 Å². The van der Waals surface area contributed by atoms with Crippen LogP contribution in [0.15, 0.2) is 66.7 Å². The molecule has 0 aromatic heterocycles. The van der Waals surface area contributed by atoms with Crippen LogP contribution in [-0.4, -0.2) is 0 Å². The van der Waals surface area contributed by atoms with Crippen molar-refractivity contribution in [2.45, 2.75) is 26.3 Å². The molecule has 3 aromatic carbocycles. The molecule has 4 rings (SSSR count). The van der Waals surface area contributed by atoms with Crippen molar-refractivity contribution >= 4 is 28.9 Å². The number of hydrogen-bond donors (Lipinski definition) is 0. The van der Waals surface area contributed by atoms with E-state index in [2.05, 4.69) is 47.4 Å². The maximum absolute atomic E-state index is 6.44. The lowest BCUT2D eigenvalue weighted by Gasteiger charge is -2.26. The Morgan fingerprint density at radius 1 is 0.769 bits per heavy atom. The van der Waals surface area contributed by atoms with Gasteiger partial charge in [0.2, 0.25) is 0 Å². The van der Waals surface area contributed by atoms with E-state index in [-0.39, 0.29) is 0 Å². The molecule has 0 N–H and O–H groups in total. The van der Waals surface area contributed by atoms with Gasteiger partial charge in [0.1, 0.15) is 0 Å². The van der Waals surface area contributed by atoms with Gasteiger partial charge in [0, 0.05) is 18.8 Å². The molecule has 4 heteroatoms. The standard InChI is InChI=1S/C22H19Cl2NO/c23-21-11-5-7-17(22(21)24)13-25(19-9-2-1-3-10-19)12-16-6-4-8-18-14-26-15-20(16)18/h1-11H,12-15H2. The quantitative estimate of drug-likeness (QED) is 0.517. The molecule has 0 fully saturated rings. The highest BCUT2D eigenvalue weighted by atomic mass is 35.5. The third-order valence-corrected chi connectivity index (χ3v) is 5.61. The number of hydrogen-bond acceptors (Lipinski definition) is 2. The fourth-order valence-corrected chi connectivity index (χ4v) is 3.76. The van der Waals surface area contributed by atoms with Crippen LogP contribution >= 0.6 is 23.2 Å². The van der Waals surface area contributed by atoms with Gasteiger partial charge >= 0.3 is 0 Å². The van der Waals surface area contributed by atoms with Crippen molar-refractivity contribution in [3.63, 3.8) is 0 Å². The summed E-state index contributed by atoms with van der Waals surface area (Å²) in [7, 11) is 0. The van der Waals surface area contributed by atoms with Crippen molar-refractivity contribution in [1.29, 1.82) is 0 Å². The highest BCUT2D eigenvalue weighted by molar-refractivity contribution is 6.42. The van der Waals surface area contributed by atoms with E-state index in [0.717, 1.165) is 17.8 Å². The summed E-state index contributed by atoms with van der Waals surface area (Å²) in [6.45, 7) is 2.87. The average Bonchev–Trinajstić information content (AvgIpc) is 3.15. The Balaban J connectivity index is 1.68. The molecule has 0 amide bonds. The van der Waals surface area contributed by atoms with Crippen LogP contribution in [0.3, 0.4) is 0 Å². The molecule has 0 saturated carbocycles. The van der Waals surface area contributed by atoms with Gasteiger partial charge in [-0.05, 0) is 40.5 Å². The van der Waals surface area contributed by atoms with Crippen molar-refractivity contribution in [3.05, 3.63) is 99.0 Å². The van der Waals surface area contributed by atoms with Crippen LogP contribution in [0.4, 0.5) is 5.69 Å². The molecular weight excluding hydrogens is 365 g/mol. The van der Waals surface area contributed by atoms with E-state index in [4.69, 9.17) is 27.9 Å². The lowest BCUT2D eigenvalue weighted by atomic mass is 10.0. The average molecular weight is 384 g/mol. The van der Waals surface area contributed by atoms with E-state index in [1.165, 1.54) is 16.7 Å². The van der Waals surface area contributed by atoms with Gasteiger partial charge in [-0.3, -0.25) is 0 Å². The minimum absolute atomic E-state index is 0.589. The lowest BCUT2D eigenvalue weighted by molar-refractivity contribution is 0.134. The van der Waals surface area contributed by atoms with Gasteiger partial charge in [-0.25, -0.2) is 0 Å². The molecule has 1 heterocycles. The number of rotatable bonds is 5. The van der Waals surface area contributed by atoms with Gasteiger partial charge in [0.15, 0.2) is 0 Å².